The third-order valence-corrected chi connectivity index (χ3v) is 4.09. The van der Waals surface area contributed by atoms with E-state index in [2.05, 4.69) is 26.3 Å². The molecule has 0 atom stereocenters. The summed E-state index contributed by atoms with van der Waals surface area (Å²) in [5.41, 5.74) is -0.680. The number of anilines is 1. The zero-order chi connectivity index (χ0) is 17.5. The maximum atomic E-state index is 13.7. The number of alkyl halides is 3. The summed E-state index contributed by atoms with van der Waals surface area (Å²) in [6.45, 7) is -0.405. The van der Waals surface area contributed by atoms with Crippen LogP contribution >= 0.6 is 15.9 Å². The maximum absolute atomic E-state index is 13.7. The lowest BCUT2D eigenvalue weighted by molar-refractivity contribution is -0.141. The average Bonchev–Trinajstić information content (AvgIpc) is 3.22. The molecule has 4 nitrogen and oxygen atoms in total. The van der Waals surface area contributed by atoms with E-state index >= 15 is 0 Å². The normalized spacial score (nSPS) is 14.7. The number of benzene rings is 1. The van der Waals surface area contributed by atoms with Gasteiger partial charge >= 0.3 is 6.18 Å². The summed E-state index contributed by atoms with van der Waals surface area (Å²) in [5.74, 6) is -1.29. The number of amides is 1. The van der Waals surface area contributed by atoms with Gasteiger partial charge in [-0.15, -0.1) is 0 Å². The van der Waals surface area contributed by atoms with E-state index in [4.69, 9.17) is 0 Å². The molecule has 3 rings (SSSR count). The van der Waals surface area contributed by atoms with Gasteiger partial charge in [-0.25, -0.2) is 4.39 Å². The van der Waals surface area contributed by atoms with Gasteiger partial charge in [-0.05, 0) is 37.1 Å². The highest BCUT2D eigenvalue weighted by molar-refractivity contribution is 9.10. The van der Waals surface area contributed by atoms with Crippen LogP contribution in [0.25, 0.3) is 0 Å². The summed E-state index contributed by atoms with van der Waals surface area (Å²) in [6.07, 6.45) is -3.03. The number of hydrogen-bond acceptors (Lipinski definition) is 2. The molecule has 1 heterocycles. The summed E-state index contributed by atoms with van der Waals surface area (Å²) in [4.78, 5) is 12.0. The van der Waals surface area contributed by atoms with Crippen LogP contribution in [0.2, 0.25) is 0 Å². The Morgan fingerprint density at radius 3 is 2.62 bits per heavy atom. The fourth-order valence-corrected chi connectivity index (χ4v) is 2.65. The molecule has 0 aliphatic heterocycles. The fourth-order valence-electron chi connectivity index (χ4n) is 2.32. The van der Waals surface area contributed by atoms with Crippen molar-refractivity contribution in [3.8, 4) is 0 Å². The first-order valence-corrected chi connectivity index (χ1v) is 7.93. The molecule has 0 saturated heterocycles. The molecule has 0 bridgehead atoms. The van der Waals surface area contributed by atoms with Gasteiger partial charge in [0, 0.05) is 16.1 Å². The quantitative estimate of drug-likeness (QED) is 0.769. The second kappa shape index (κ2) is 6.19. The van der Waals surface area contributed by atoms with Gasteiger partial charge < -0.3 is 5.32 Å². The van der Waals surface area contributed by atoms with Crippen molar-refractivity contribution in [3.63, 3.8) is 0 Å². The van der Waals surface area contributed by atoms with Gasteiger partial charge in [-0.2, -0.15) is 18.3 Å². The Morgan fingerprint density at radius 2 is 2.04 bits per heavy atom. The lowest BCUT2D eigenvalue weighted by atomic mass is 10.2. The zero-order valence-electron chi connectivity index (χ0n) is 12.2. The smallest absolute Gasteiger partial charge is 0.322 e. The topological polar surface area (TPSA) is 46.9 Å². The van der Waals surface area contributed by atoms with Gasteiger partial charge in [0.25, 0.3) is 0 Å². The van der Waals surface area contributed by atoms with Gasteiger partial charge in [-0.1, -0.05) is 15.9 Å². The summed E-state index contributed by atoms with van der Waals surface area (Å²) in [6, 6.07) is 5.07. The van der Waals surface area contributed by atoms with Crippen LogP contribution in [0, 0.1) is 5.82 Å². The van der Waals surface area contributed by atoms with Crippen molar-refractivity contribution < 1.29 is 22.4 Å². The molecule has 0 spiro atoms. The van der Waals surface area contributed by atoms with E-state index in [-0.39, 0.29) is 11.6 Å². The lowest BCUT2D eigenvalue weighted by Crippen LogP contribution is -2.21. The van der Waals surface area contributed by atoms with E-state index < -0.39 is 30.1 Å². The Labute approximate surface area is 143 Å². The third-order valence-electron chi connectivity index (χ3n) is 3.60. The molecule has 1 N–H and O–H groups in total. The number of hydrogen-bond donors (Lipinski definition) is 1. The summed E-state index contributed by atoms with van der Waals surface area (Å²) in [7, 11) is 0. The monoisotopic (exact) mass is 405 g/mol. The van der Waals surface area contributed by atoms with Crippen LogP contribution in [0.4, 0.5) is 23.2 Å². The van der Waals surface area contributed by atoms with E-state index in [0.29, 0.717) is 10.2 Å². The molecule has 24 heavy (non-hydrogen) atoms. The van der Waals surface area contributed by atoms with Gasteiger partial charge in [0.05, 0.1) is 5.69 Å². The molecule has 1 aromatic carbocycles. The molecule has 128 valence electrons. The van der Waals surface area contributed by atoms with E-state index in [1.165, 1.54) is 12.1 Å². The number of rotatable bonds is 4. The first kappa shape index (κ1) is 16.9. The molecule has 1 saturated carbocycles. The van der Waals surface area contributed by atoms with E-state index in [9.17, 15) is 22.4 Å². The van der Waals surface area contributed by atoms with Crippen LogP contribution in [-0.4, -0.2) is 15.7 Å². The first-order chi connectivity index (χ1) is 11.2. The fraction of sp³-hybridized carbons (Fsp3) is 0.333. The molecule has 1 aliphatic carbocycles. The number of aromatic nitrogens is 2. The molecular weight excluding hydrogens is 394 g/mol. The largest absolute Gasteiger partial charge is 0.435 e. The van der Waals surface area contributed by atoms with Crippen LogP contribution in [0.15, 0.2) is 28.7 Å². The third kappa shape index (κ3) is 3.77. The summed E-state index contributed by atoms with van der Waals surface area (Å²) >= 11 is 3.10. The van der Waals surface area contributed by atoms with Crippen molar-refractivity contribution in [1.82, 2.24) is 9.78 Å². The van der Waals surface area contributed by atoms with E-state index in [0.717, 1.165) is 23.6 Å². The van der Waals surface area contributed by atoms with Crippen molar-refractivity contribution in [1.29, 1.82) is 0 Å². The zero-order valence-corrected chi connectivity index (χ0v) is 13.8. The van der Waals surface area contributed by atoms with Crippen LogP contribution in [0.1, 0.15) is 30.1 Å². The maximum Gasteiger partial charge on any atom is 0.435 e. The molecule has 0 unspecified atom stereocenters. The van der Waals surface area contributed by atoms with Gasteiger partial charge in [0.1, 0.15) is 12.4 Å². The van der Waals surface area contributed by atoms with E-state index in [1.807, 2.05) is 0 Å². The second-order valence-corrected chi connectivity index (χ2v) is 6.47. The van der Waals surface area contributed by atoms with Gasteiger partial charge in [0.15, 0.2) is 5.69 Å². The summed E-state index contributed by atoms with van der Waals surface area (Å²) < 4.78 is 53.7. The molecule has 2 aromatic rings. The minimum Gasteiger partial charge on any atom is -0.322 e. The average molecular weight is 406 g/mol. The van der Waals surface area contributed by atoms with E-state index in [1.54, 1.807) is 6.07 Å². The second-order valence-electron chi connectivity index (χ2n) is 5.56. The predicted molar refractivity (Wildman–Crippen MR) is 81.9 cm³/mol. The standard InChI is InChI=1S/C15H12BrF4N3O/c16-9-3-4-11(10(17)5-9)21-14(24)7-23-12(8-1-2-8)6-13(22-23)15(18,19)20/h3-6,8H,1-2,7H2,(H,21,24). The SMILES string of the molecule is O=C(Cn1nc(C(F)(F)F)cc1C1CC1)Nc1ccc(Br)cc1F. The van der Waals surface area contributed by atoms with Crippen molar-refractivity contribution in [2.45, 2.75) is 31.5 Å². The minimum atomic E-state index is -4.57. The Morgan fingerprint density at radius 1 is 1.33 bits per heavy atom. The van der Waals surface area contributed by atoms with Crippen LogP contribution < -0.4 is 5.32 Å². The van der Waals surface area contributed by atoms with Gasteiger partial charge in [0.2, 0.25) is 5.91 Å². The lowest BCUT2D eigenvalue weighted by Gasteiger charge is -2.09. The Bertz CT molecular complexity index is 784. The van der Waals surface area contributed by atoms with Gasteiger partial charge in [-0.3, -0.25) is 9.48 Å². The van der Waals surface area contributed by atoms with Crippen LogP contribution in [0.3, 0.4) is 0 Å². The van der Waals surface area contributed by atoms with Crippen LogP contribution in [0.5, 0.6) is 0 Å². The number of halogens is 5. The Balaban J connectivity index is 1.77. The number of nitrogens with one attached hydrogen (secondary N) is 1. The highest BCUT2D eigenvalue weighted by atomic mass is 79.9. The minimum absolute atomic E-state index is 0.00850. The number of nitrogens with zero attached hydrogens (tertiary/aromatic N) is 2. The highest BCUT2D eigenvalue weighted by Crippen LogP contribution is 2.42. The Kier molecular flexibility index (Phi) is 4.37. The predicted octanol–water partition coefficient (Wildman–Crippen LogP) is 4.32. The highest BCUT2D eigenvalue weighted by Gasteiger charge is 2.38. The Hall–Kier alpha value is -1.90. The van der Waals surface area contributed by atoms with Crippen molar-refractivity contribution >= 4 is 27.5 Å². The van der Waals surface area contributed by atoms with Crippen molar-refractivity contribution in [3.05, 3.63) is 45.9 Å². The van der Waals surface area contributed by atoms with Crippen molar-refractivity contribution in [2.24, 2.45) is 0 Å². The molecule has 1 aliphatic rings. The molecular formula is C15H12BrF4N3O. The van der Waals surface area contributed by atoms with Crippen LogP contribution in [-0.2, 0) is 17.5 Å². The molecule has 0 radical (unpaired) electrons. The first-order valence-electron chi connectivity index (χ1n) is 7.14. The summed E-state index contributed by atoms with van der Waals surface area (Å²) in [5, 5.41) is 5.83. The molecule has 9 heteroatoms. The number of carbonyl (C=O) groups is 1. The van der Waals surface area contributed by atoms with Crippen molar-refractivity contribution in [2.75, 3.05) is 5.32 Å². The molecule has 1 fully saturated rings. The number of carbonyl (C=O) groups excluding carboxylic acids is 1. The molecule has 1 aromatic heterocycles. The molecule has 1 amide bonds.